The Kier molecular flexibility index (Phi) is 5.44. The first-order chi connectivity index (χ1) is 10.1. The Morgan fingerprint density at radius 2 is 2.24 bits per heavy atom. The average Bonchev–Trinajstić information content (AvgIpc) is 3.11. The van der Waals surface area contributed by atoms with E-state index >= 15 is 0 Å². The van der Waals surface area contributed by atoms with Crippen LogP contribution in [-0.4, -0.2) is 33.7 Å². The molecular weight excluding hydrogens is 294 g/mol. The van der Waals surface area contributed by atoms with Crippen LogP contribution in [0.25, 0.3) is 11.4 Å². The first-order valence-corrected chi connectivity index (χ1v) is 7.43. The molecule has 8 heteroatoms. The largest absolute Gasteiger partial charge is 0.481 e. The fourth-order valence-corrected chi connectivity index (χ4v) is 2.28. The number of aryl methyl sites for hydroxylation is 1. The lowest BCUT2D eigenvalue weighted by atomic mass is 10.2. The lowest BCUT2D eigenvalue weighted by Crippen LogP contribution is -2.25. The molecule has 0 fully saturated rings. The Morgan fingerprint density at radius 1 is 1.38 bits per heavy atom. The van der Waals surface area contributed by atoms with Crippen molar-refractivity contribution < 1.29 is 19.2 Å². The molecule has 21 heavy (non-hydrogen) atoms. The fourth-order valence-electron chi connectivity index (χ4n) is 1.64. The zero-order valence-electron chi connectivity index (χ0n) is 11.2. The van der Waals surface area contributed by atoms with Gasteiger partial charge < -0.3 is 14.9 Å². The molecule has 0 radical (unpaired) electrons. The molecule has 2 aromatic rings. The van der Waals surface area contributed by atoms with Gasteiger partial charge in [-0.15, -0.1) is 0 Å². The summed E-state index contributed by atoms with van der Waals surface area (Å²) in [6.45, 7) is 0.356. The standard InChI is InChI=1S/C13H15N3O4S/c17-10(14-6-1-2-12(18)19)3-4-11-15-13(16-20-11)9-5-7-21-8-9/h5,7-8H,1-4,6H2,(H,14,17)(H,18,19). The van der Waals surface area contributed by atoms with Crippen molar-refractivity contribution in [3.05, 3.63) is 22.7 Å². The predicted octanol–water partition coefficient (Wildman–Crippen LogP) is 1.71. The minimum absolute atomic E-state index is 0.0495. The van der Waals surface area contributed by atoms with E-state index in [1.165, 1.54) is 0 Å². The number of carbonyl (C=O) groups excluding carboxylic acids is 1. The monoisotopic (exact) mass is 309 g/mol. The molecule has 112 valence electrons. The van der Waals surface area contributed by atoms with Crippen LogP contribution < -0.4 is 5.32 Å². The number of thiophene rings is 1. The van der Waals surface area contributed by atoms with E-state index < -0.39 is 5.97 Å². The Labute approximate surface area is 125 Å². The molecule has 0 saturated heterocycles. The zero-order chi connectivity index (χ0) is 15.1. The Bertz CT molecular complexity index is 594. The van der Waals surface area contributed by atoms with Gasteiger partial charge in [-0.2, -0.15) is 16.3 Å². The van der Waals surface area contributed by atoms with E-state index in [1.807, 2.05) is 16.8 Å². The number of nitrogens with one attached hydrogen (secondary N) is 1. The summed E-state index contributed by atoms with van der Waals surface area (Å²) in [4.78, 5) is 26.1. The molecule has 0 spiro atoms. The first kappa shape index (κ1) is 15.2. The summed E-state index contributed by atoms with van der Waals surface area (Å²) >= 11 is 1.55. The van der Waals surface area contributed by atoms with Gasteiger partial charge in [-0.1, -0.05) is 5.16 Å². The smallest absolute Gasteiger partial charge is 0.303 e. The summed E-state index contributed by atoms with van der Waals surface area (Å²) in [7, 11) is 0. The van der Waals surface area contributed by atoms with E-state index in [4.69, 9.17) is 9.63 Å². The maximum atomic E-state index is 11.5. The number of rotatable bonds is 8. The molecule has 7 nitrogen and oxygen atoms in total. The highest BCUT2D eigenvalue weighted by atomic mass is 32.1. The molecule has 0 aromatic carbocycles. The minimum atomic E-state index is -0.865. The lowest BCUT2D eigenvalue weighted by Gasteiger charge is -2.02. The van der Waals surface area contributed by atoms with Crippen molar-refractivity contribution in [1.82, 2.24) is 15.5 Å². The van der Waals surface area contributed by atoms with Gasteiger partial charge in [-0.25, -0.2) is 0 Å². The number of hydrogen-bond acceptors (Lipinski definition) is 6. The predicted molar refractivity (Wildman–Crippen MR) is 75.8 cm³/mol. The van der Waals surface area contributed by atoms with Crippen molar-refractivity contribution in [2.75, 3.05) is 6.54 Å². The van der Waals surface area contributed by atoms with Crippen molar-refractivity contribution in [3.8, 4) is 11.4 Å². The number of carboxylic acid groups (broad SMARTS) is 1. The molecule has 1 amide bonds. The maximum absolute atomic E-state index is 11.5. The fraction of sp³-hybridized carbons (Fsp3) is 0.385. The highest BCUT2D eigenvalue weighted by Gasteiger charge is 2.10. The second-order valence-electron chi connectivity index (χ2n) is 4.37. The Morgan fingerprint density at radius 3 is 2.95 bits per heavy atom. The van der Waals surface area contributed by atoms with Gasteiger partial charge in [-0.3, -0.25) is 9.59 Å². The molecule has 2 N–H and O–H groups in total. The molecule has 2 aromatic heterocycles. The first-order valence-electron chi connectivity index (χ1n) is 6.49. The summed E-state index contributed by atoms with van der Waals surface area (Å²) < 4.78 is 5.08. The number of aromatic nitrogens is 2. The number of nitrogens with zero attached hydrogens (tertiary/aromatic N) is 2. The van der Waals surface area contributed by atoms with Crippen LogP contribution in [-0.2, 0) is 16.0 Å². The van der Waals surface area contributed by atoms with Gasteiger partial charge in [0.15, 0.2) is 0 Å². The quantitative estimate of drug-likeness (QED) is 0.719. The molecule has 2 rings (SSSR count). The van der Waals surface area contributed by atoms with Gasteiger partial charge >= 0.3 is 5.97 Å². The Balaban J connectivity index is 1.71. The maximum Gasteiger partial charge on any atom is 0.303 e. The van der Waals surface area contributed by atoms with Crippen molar-refractivity contribution in [2.45, 2.75) is 25.7 Å². The molecule has 0 bridgehead atoms. The van der Waals surface area contributed by atoms with Gasteiger partial charge in [0.25, 0.3) is 0 Å². The summed E-state index contributed by atoms with van der Waals surface area (Å²) in [5.74, 6) is -0.0863. The van der Waals surface area contributed by atoms with Crippen LogP contribution in [0.4, 0.5) is 0 Å². The topological polar surface area (TPSA) is 105 Å². The molecule has 0 aliphatic rings. The van der Waals surface area contributed by atoms with Gasteiger partial charge in [-0.05, 0) is 17.9 Å². The third-order valence-corrected chi connectivity index (χ3v) is 3.39. The summed E-state index contributed by atoms with van der Waals surface area (Å²) in [6, 6.07) is 1.90. The van der Waals surface area contributed by atoms with Crippen molar-refractivity contribution in [3.63, 3.8) is 0 Å². The SMILES string of the molecule is O=C(O)CCCNC(=O)CCc1nc(-c2ccsc2)no1. The van der Waals surface area contributed by atoms with Crippen LogP contribution in [0.1, 0.15) is 25.2 Å². The summed E-state index contributed by atoms with van der Waals surface area (Å²) in [5, 5.41) is 18.8. The van der Waals surface area contributed by atoms with Crippen molar-refractivity contribution in [1.29, 1.82) is 0 Å². The summed E-state index contributed by atoms with van der Waals surface area (Å²) in [6.07, 6.45) is 1.07. The van der Waals surface area contributed by atoms with Crippen LogP contribution in [0.2, 0.25) is 0 Å². The van der Waals surface area contributed by atoms with E-state index in [1.54, 1.807) is 11.3 Å². The summed E-state index contributed by atoms with van der Waals surface area (Å²) in [5.41, 5.74) is 0.896. The third-order valence-electron chi connectivity index (χ3n) is 2.70. The molecular formula is C13H15N3O4S. The van der Waals surface area contributed by atoms with E-state index in [2.05, 4.69) is 15.5 Å². The number of carboxylic acids is 1. The molecule has 0 saturated carbocycles. The second kappa shape index (κ2) is 7.53. The van der Waals surface area contributed by atoms with Crippen LogP contribution in [0.15, 0.2) is 21.3 Å². The number of aliphatic carboxylic acids is 1. The number of hydrogen-bond donors (Lipinski definition) is 2. The highest BCUT2D eigenvalue weighted by Crippen LogP contribution is 2.18. The molecule has 0 aliphatic carbocycles. The van der Waals surface area contributed by atoms with Crippen LogP contribution in [0.5, 0.6) is 0 Å². The molecule has 0 aliphatic heterocycles. The van der Waals surface area contributed by atoms with E-state index in [0.29, 0.717) is 31.1 Å². The molecule has 0 unspecified atom stereocenters. The number of amides is 1. The van der Waals surface area contributed by atoms with E-state index in [0.717, 1.165) is 5.56 Å². The van der Waals surface area contributed by atoms with Crippen LogP contribution >= 0.6 is 11.3 Å². The molecule has 2 heterocycles. The highest BCUT2D eigenvalue weighted by molar-refractivity contribution is 7.08. The third kappa shape index (κ3) is 4.99. The van der Waals surface area contributed by atoms with Gasteiger partial charge in [0.1, 0.15) is 0 Å². The van der Waals surface area contributed by atoms with Crippen LogP contribution in [0.3, 0.4) is 0 Å². The van der Waals surface area contributed by atoms with Gasteiger partial charge in [0.05, 0.1) is 0 Å². The Hall–Kier alpha value is -2.22. The van der Waals surface area contributed by atoms with Crippen molar-refractivity contribution in [2.24, 2.45) is 0 Å². The second-order valence-corrected chi connectivity index (χ2v) is 5.15. The van der Waals surface area contributed by atoms with Gasteiger partial charge in [0, 0.05) is 36.8 Å². The van der Waals surface area contributed by atoms with E-state index in [9.17, 15) is 9.59 Å². The lowest BCUT2D eigenvalue weighted by molar-refractivity contribution is -0.137. The zero-order valence-corrected chi connectivity index (χ0v) is 12.1. The molecule has 0 atom stereocenters. The average molecular weight is 309 g/mol. The van der Waals surface area contributed by atoms with E-state index in [-0.39, 0.29) is 18.7 Å². The van der Waals surface area contributed by atoms with Crippen LogP contribution in [0, 0.1) is 0 Å². The number of carbonyl (C=O) groups is 2. The minimum Gasteiger partial charge on any atom is -0.481 e. The van der Waals surface area contributed by atoms with Crippen molar-refractivity contribution >= 4 is 23.2 Å². The normalized spacial score (nSPS) is 10.5. The van der Waals surface area contributed by atoms with Gasteiger partial charge in [0.2, 0.25) is 17.6 Å².